The van der Waals surface area contributed by atoms with Crippen LogP contribution in [0.5, 0.6) is 11.6 Å². The van der Waals surface area contributed by atoms with Crippen molar-refractivity contribution in [3.63, 3.8) is 0 Å². The molecule has 15 heavy (non-hydrogen) atoms. The van der Waals surface area contributed by atoms with Crippen molar-refractivity contribution >= 4 is 10.9 Å². The van der Waals surface area contributed by atoms with Crippen LogP contribution in [0.3, 0.4) is 0 Å². The monoisotopic (exact) mass is 204 g/mol. The molecule has 2 aromatic heterocycles. The van der Waals surface area contributed by atoms with Gasteiger partial charge in [-0.1, -0.05) is 6.92 Å². The Bertz CT molecular complexity index is 471. The average molecular weight is 204 g/mol. The maximum absolute atomic E-state index is 9.60. The first-order valence-electron chi connectivity index (χ1n) is 4.88. The van der Waals surface area contributed by atoms with E-state index >= 15 is 0 Å². The van der Waals surface area contributed by atoms with Crippen LogP contribution in [0.15, 0.2) is 24.5 Å². The molecule has 4 nitrogen and oxygen atoms in total. The molecule has 0 aliphatic heterocycles. The second kappa shape index (κ2) is 4.13. The zero-order valence-electron chi connectivity index (χ0n) is 8.47. The summed E-state index contributed by atoms with van der Waals surface area (Å²) in [6.07, 6.45) is 4.06. The number of hydrogen-bond acceptors (Lipinski definition) is 4. The minimum Gasteiger partial charge on any atom is -0.507 e. The van der Waals surface area contributed by atoms with Crippen molar-refractivity contribution in [3.05, 3.63) is 24.5 Å². The quantitative estimate of drug-likeness (QED) is 0.832. The topological polar surface area (TPSA) is 55.2 Å². The zero-order valence-corrected chi connectivity index (χ0v) is 8.47. The normalized spacial score (nSPS) is 10.5. The molecule has 2 heterocycles. The van der Waals surface area contributed by atoms with Crippen LogP contribution in [0, 0.1) is 0 Å². The fourth-order valence-corrected chi connectivity index (χ4v) is 1.34. The van der Waals surface area contributed by atoms with Crippen molar-refractivity contribution in [2.75, 3.05) is 6.61 Å². The highest BCUT2D eigenvalue weighted by Gasteiger charge is 2.07. The van der Waals surface area contributed by atoms with E-state index in [1.54, 1.807) is 18.3 Å². The molecule has 2 aromatic rings. The third-order valence-electron chi connectivity index (χ3n) is 2.05. The predicted molar refractivity (Wildman–Crippen MR) is 57.0 cm³/mol. The molecular formula is C11H12N2O2. The molecule has 0 fully saturated rings. The van der Waals surface area contributed by atoms with Crippen LogP contribution in [0.25, 0.3) is 10.9 Å². The van der Waals surface area contributed by atoms with Gasteiger partial charge in [0.2, 0.25) is 5.88 Å². The summed E-state index contributed by atoms with van der Waals surface area (Å²) < 4.78 is 5.44. The van der Waals surface area contributed by atoms with Crippen molar-refractivity contribution in [2.45, 2.75) is 13.3 Å². The Morgan fingerprint density at radius 1 is 1.27 bits per heavy atom. The summed E-state index contributed by atoms with van der Waals surface area (Å²) in [7, 11) is 0. The first-order valence-corrected chi connectivity index (χ1v) is 4.88. The molecule has 0 aromatic carbocycles. The van der Waals surface area contributed by atoms with E-state index in [0.717, 1.165) is 6.42 Å². The molecule has 0 radical (unpaired) electrons. The van der Waals surface area contributed by atoms with Gasteiger partial charge < -0.3 is 9.84 Å². The Morgan fingerprint density at radius 3 is 2.87 bits per heavy atom. The molecule has 0 saturated carbocycles. The predicted octanol–water partition coefficient (Wildman–Crippen LogP) is 2.12. The number of ether oxygens (including phenoxy) is 1. The summed E-state index contributed by atoms with van der Waals surface area (Å²) in [5.41, 5.74) is 0.603. The lowest BCUT2D eigenvalue weighted by atomic mass is 10.2. The molecule has 0 aliphatic rings. The van der Waals surface area contributed by atoms with Gasteiger partial charge in [0.1, 0.15) is 11.3 Å². The molecular weight excluding hydrogens is 192 g/mol. The van der Waals surface area contributed by atoms with E-state index in [-0.39, 0.29) is 5.75 Å². The van der Waals surface area contributed by atoms with Crippen molar-refractivity contribution in [2.24, 2.45) is 0 Å². The van der Waals surface area contributed by atoms with Crippen molar-refractivity contribution < 1.29 is 9.84 Å². The number of rotatable bonds is 3. The molecule has 78 valence electrons. The minimum absolute atomic E-state index is 0.198. The minimum atomic E-state index is 0.198. The lowest BCUT2D eigenvalue weighted by Crippen LogP contribution is -1.98. The maximum atomic E-state index is 9.60. The van der Waals surface area contributed by atoms with E-state index in [1.807, 2.05) is 6.92 Å². The third-order valence-corrected chi connectivity index (χ3v) is 2.05. The standard InChI is InChI=1S/C11H12N2O2/c1-2-7-15-11-10-8(3-5-13-11)9(14)4-6-12-10/h3-6H,2,7H2,1H3,(H,12,14). The molecule has 0 unspecified atom stereocenters. The Morgan fingerprint density at radius 2 is 2.07 bits per heavy atom. The van der Waals surface area contributed by atoms with Crippen LogP contribution in [0.1, 0.15) is 13.3 Å². The molecule has 0 atom stereocenters. The molecule has 0 amide bonds. The fraction of sp³-hybridized carbons (Fsp3) is 0.273. The Balaban J connectivity index is 2.51. The maximum Gasteiger partial charge on any atom is 0.240 e. The van der Waals surface area contributed by atoms with Gasteiger partial charge >= 0.3 is 0 Å². The summed E-state index contributed by atoms with van der Waals surface area (Å²) in [6, 6.07) is 3.27. The number of hydrogen-bond donors (Lipinski definition) is 1. The third kappa shape index (κ3) is 1.83. The molecule has 0 saturated heterocycles. The Kier molecular flexibility index (Phi) is 2.67. The van der Waals surface area contributed by atoms with Crippen LogP contribution < -0.4 is 4.74 Å². The number of fused-ring (bicyclic) bond motifs is 1. The molecule has 2 rings (SSSR count). The summed E-state index contributed by atoms with van der Waals surface area (Å²) in [5, 5.41) is 10.3. The Labute approximate surface area is 87.6 Å². The van der Waals surface area contributed by atoms with Gasteiger partial charge in [-0.15, -0.1) is 0 Å². The van der Waals surface area contributed by atoms with Gasteiger partial charge in [0.15, 0.2) is 0 Å². The summed E-state index contributed by atoms with van der Waals surface area (Å²) >= 11 is 0. The van der Waals surface area contributed by atoms with Gasteiger partial charge in [-0.05, 0) is 18.6 Å². The summed E-state index contributed by atoms with van der Waals surface area (Å²) in [5.74, 6) is 0.675. The number of aromatic hydroxyl groups is 1. The van der Waals surface area contributed by atoms with E-state index in [9.17, 15) is 5.11 Å². The average Bonchev–Trinajstić information content (AvgIpc) is 2.27. The first kappa shape index (κ1) is 9.71. The number of pyridine rings is 2. The van der Waals surface area contributed by atoms with Crippen LogP contribution in [-0.2, 0) is 0 Å². The molecule has 0 bridgehead atoms. The molecule has 0 aliphatic carbocycles. The highest BCUT2D eigenvalue weighted by molar-refractivity contribution is 5.87. The van der Waals surface area contributed by atoms with Crippen molar-refractivity contribution in [3.8, 4) is 11.6 Å². The summed E-state index contributed by atoms with van der Waals surface area (Å²) in [4.78, 5) is 8.24. The van der Waals surface area contributed by atoms with Gasteiger partial charge in [0.05, 0.1) is 6.61 Å². The van der Waals surface area contributed by atoms with E-state index < -0.39 is 0 Å². The lowest BCUT2D eigenvalue weighted by Gasteiger charge is -2.06. The SMILES string of the molecule is CCCOc1nccc2c(O)ccnc12. The number of aromatic nitrogens is 2. The van der Waals surface area contributed by atoms with Crippen LogP contribution in [0.2, 0.25) is 0 Å². The largest absolute Gasteiger partial charge is 0.507 e. The lowest BCUT2D eigenvalue weighted by molar-refractivity contribution is 0.308. The van der Waals surface area contributed by atoms with E-state index in [1.165, 1.54) is 6.20 Å². The van der Waals surface area contributed by atoms with Gasteiger partial charge in [0.25, 0.3) is 0 Å². The van der Waals surface area contributed by atoms with E-state index in [4.69, 9.17) is 4.74 Å². The molecule has 0 spiro atoms. The molecule has 4 heteroatoms. The second-order valence-corrected chi connectivity index (χ2v) is 3.19. The van der Waals surface area contributed by atoms with E-state index in [0.29, 0.717) is 23.4 Å². The van der Waals surface area contributed by atoms with Gasteiger partial charge in [-0.2, -0.15) is 0 Å². The van der Waals surface area contributed by atoms with Crippen LogP contribution >= 0.6 is 0 Å². The molecule has 1 N–H and O–H groups in total. The first-order chi connectivity index (χ1) is 7.33. The van der Waals surface area contributed by atoms with Crippen molar-refractivity contribution in [1.82, 2.24) is 9.97 Å². The fourth-order valence-electron chi connectivity index (χ4n) is 1.34. The second-order valence-electron chi connectivity index (χ2n) is 3.19. The van der Waals surface area contributed by atoms with Gasteiger partial charge in [-0.25, -0.2) is 4.98 Å². The number of nitrogens with zero attached hydrogens (tertiary/aromatic N) is 2. The van der Waals surface area contributed by atoms with E-state index in [2.05, 4.69) is 9.97 Å². The van der Waals surface area contributed by atoms with Gasteiger partial charge in [-0.3, -0.25) is 4.98 Å². The smallest absolute Gasteiger partial charge is 0.240 e. The highest BCUT2D eigenvalue weighted by Crippen LogP contribution is 2.27. The van der Waals surface area contributed by atoms with Crippen molar-refractivity contribution in [1.29, 1.82) is 0 Å². The highest BCUT2D eigenvalue weighted by atomic mass is 16.5. The summed E-state index contributed by atoms with van der Waals surface area (Å²) in [6.45, 7) is 2.62. The Hall–Kier alpha value is -1.84. The van der Waals surface area contributed by atoms with Crippen LogP contribution in [-0.4, -0.2) is 21.7 Å². The van der Waals surface area contributed by atoms with Crippen LogP contribution in [0.4, 0.5) is 0 Å². The van der Waals surface area contributed by atoms with Gasteiger partial charge in [0, 0.05) is 17.8 Å². The zero-order chi connectivity index (χ0) is 10.7.